The Bertz CT molecular complexity index is 724. The van der Waals surface area contributed by atoms with Gasteiger partial charge in [-0.15, -0.1) is 0 Å². The molecule has 0 bridgehead atoms. The predicted molar refractivity (Wildman–Crippen MR) is 108 cm³/mol. The first-order valence-electron chi connectivity index (χ1n) is 9.25. The molecule has 1 heterocycles. The van der Waals surface area contributed by atoms with E-state index in [-0.39, 0.29) is 6.03 Å². The number of benzene rings is 2. The van der Waals surface area contributed by atoms with Gasteiger partial charge in [-0.25, -0.2) is 4.79 Å². The normalized spacial score (nSPS) is 15.1. The summed E-state index contributed by atoms with van der Waals surface area (Å²) in [5.41, 5.74) is 3.39. The molecule has 138 valence electrons. The zero-order valence-electron chi connectivity index (χ0n) is 15.2. The molecular weight excluding hydrogens is 346 g/mol. The van der Waals surface area contributed by atoms with Gasteiger partial charge in [0.2, 0.25) is 0 Å². The summed E-state index contributed by atoms with van der Waals surface area (Å²) in [6.45, 7) is 6.45. The van der Waals surface area contributed by atoms with Gasteiger partial charge in [0, 0.05) is 43.4 Å². The topological polar surface area (TPSA) is 35.6 Å². The lowest BCUT2D eigenvalue weighted by Gasteiger charge is -2.34. The fourth-order valence-electron chi connectivity index (χ4n) is 3.18. The maximum Gasteiger partial charge on any atom is 0.321 e. The van der Waals surface area contributed by atoms with Gasteiger partial charge in [0.1, 0.15) is 0 Å². The smallest absolute Gasteiger partial charge is 0.321 e. The maximum absolute atomic E-state index is 12.4. The van der Waals surface area contributed by atoms with Crippen molar-refractivity contribution in [3.8, 4) is 0 Å². The van der Waals surface area contributed by atoms with E-state index in [1.54, 1.807) is 0 Å². The second-order valence-corrected chi connectivity index (χ2v) is 7.13. The number of nitrogens with one attached hydrogen (secondary N) is 1. The van der Waals surface area contributed by atoms with E-state index in [4.69, 9.17) is 11.6 Å². The Labute approximate surface area is 160 Å². The molecule has 4 nitrogen and oxygen atoms in total. The van der Waals surface area contributed by atoms with E-state index < -0.39 is 0 Å². The van der Waals surface area contributed by atoms with Crippen LogP contribution in [0.25, 0.3) is 0 Å². The summed E-state index contributed by atoms with van der Waals surface area (Å²) >= 11 is 6.04. The Morgan fingerprint density at radius 2 is 1.77 bits per heavy atom. The molecule has 1 aliphatic heterocycles. The second-order valence-electron chi connectivity index (χ2n) is 6.69. The van der Waals surface area contributed by atoms with Crippen LogP contribution in [0.4, 0.5) is 10.5 Å². The van der Waals surface area contributed by atoms with E-state index in [0.29, 0.717) is 0 Å². The molecule has 1 N–H and O–H groups in total. The average molecular weight is 372 g/mol. The third-order valence-electron chi connectivity index (χ3n) is 4.88. The second kappa shape index (κ2) is 9.06. The molecule has 1 saturated heterocycles. The maximum atomic E-state index is 12.4. The third-order valence-corrected chi connectivity index (χ3v) is 5.11. The molecule has 1 fully saturated rings. The number of amides is 2. The third kappa shape index (κ3) is 5.23. The molecule has 2 amide bonds. The van der Waals surface area contributed by atoms with Crippen LogP contribution in [-0.2, 0) is 12.8 Å². The van der Waals surface area contributed by atoms with Crippen LogP contribution in [0.15, 0.2) is 48.5 Å². The zero-order chi connectivity index (χ0) is 18.4. The van der Waals surface area contributed by atoms with Gasteiger partial charge >= 0.3 is 6.03 Å². The molecule has 1 aliphatic rings. The summed E-state index contributed by atoms with van der Waals surface area (Å²) in [6, 6.07) is 16.1. The molecule has 0 spiro atoms. The van der Waals surface area contributed by atoms with Crippen LogP contribution in [0.1, 0.15) is 18.1 Å². The van der Waals surface area contributed by atoms with Crippen molar-refractivity contribution in [2.24, 2.45) is 0 Å². The highest BCUT2D eigenvalue weighted by Crippen LogP contribution is 2.14. The Morgan fingerprint density at radius 1 is 1.04 bits per heavy atom. The fraction of sp³-hybridized carbons (Fsp3) is 0.381. The lowest BCUT2D eigenvalue weighted by molar-refractivity contribution is 0.148. The van der Waals surface area contributed by atoms with Crippen molar-refractivity contribution in [3.05, 3.63) is 64.7 Å². The fourth-order valence-corrected chi connectivity index (χ4v) is 3.39. The van der Waals surface area contributed by atoms with Gasteiger partial charge < -0.3 is 10.2 Å². The zero-order valence-corrected chi connectivity index (χ0v) is 16.0. The molecule has 5 heteroatoms. The van der Waals surface area contributed by atoms with E-state index in [2.05, 4.69) is 35.3 Å². The molecule has 3 rings (SSSR count). The monoisotopic (exact) mass is 371 g/mol. The molecule has 26 heavy (non-hydrogen) atoms. The standard InChI is InChI=1S/C21H26ClN3O/c1-2-17-6-8-20(9-7-17)23-21(26)25-14-12-24(13-15-25)11-10-18-4-3-5-19(22)16-18/h3-9,16H,2,10-15H2,1H3,(H,23,26). The molecular formula is C21H26ClN3O. The van der Waals surface area contributed by atoms with Gasteiger partial charge in [0.15, 0.2) is 0 Å². The Morgan fingerprint density at radius 3 is 2.42 bits per heavy atom. The van der Waals surface area contributed by atoms with Crippen LogP contribution in [-0.4, -0.2) is 48.6 Å². The molecule has 0 saturated carbocycles. The number of aryl methyl sites for hydroxylation is 1. The highest BCUT2D eigenvalue weighted by Gasteiger charge is 2.20. The van der Waals surface area contributed by atoms with E-state index in [1.165, 1.54) is 11.1 Å². The van der Waals surface area contributed by atoms with Crippen molar-refractivity contribution in [2.45, 2.75) is 19.8 Å². The number of anilines is 1. The van der Waals surface area contributed by atoms with Crippen molar-refractivity contribution in [1.82, 2.24) is 9.80 Å². The van der Waals surface area contributed by atoms with E-state index >= 15 is 0 Å². The van der Waals surface area contributed by atoms with Crippen LogP contribution in [0.5, 0.6) is 0 Å². The minimum atomic E-state index is -0.0104. The van der Waals surface area contributed by atoms with Crippen LogP contribution in [0, 0.1) is 0 Å². The highest BCUT2D eigenvalue weighted by atomic mass is 35.5. The van der Waals surface area contributed by atoms with Gasteiger partial charge in [-0.05, 0) is 48.2 Å². The summed E-state index contributed by atoms with van der Waals surface area (Å²) in [4.78, 5) is 16.7. The minimum absolute atomic E-state index is 0.0104. The quantitative estimate of drug-likeness (QED) is 0.850. The van der Waals surface area contributed by atoms with Gasteiger partial charge in [0.25, 0.3) is 0 Å². The summed E-state index contributed by atoms with van der Waals surface area (Å²) in [5, 5.41) is 3.78. The number of hydrogen-bond donors (Lipinski definition) is 1. The number of carbonyl (C=O) groups excluding carboxylic acids is 1. The van der Waals surface area contributed by atoms with E-state index in [9.17, 15) is 4.79 Å². The number of piperazine rings is 1. The lowest BCUT2D eigenvalue weighted by Crippen LogP contribution is -2.50. The van der Waals surface area contributed by atoms with Gasteiger partial charge in [0.05, 0.1) is 0 Å². The number of rotatable bonds is 5. The number of carbonyl (C=O) groups is 1. The lowest BCUT2D eigenvalue weighted by atomic mass is 10.1. The Hall–Kier alpha value is -2.04. The van der Waals surface area contributed by atoms with Crippen LogP contribution in [0.2, 0.25) is 5.02 Å². The summed E-state index contributed by atoms with van der Waals surface area (Å²) < 4.78 is 0. The molecule has 0 aliphatic carbocycles. The van der Waals surface area contributed by atoms with E-state index in [1.807, 2.05) is 35.2 Å². The Balaban J connectivity index is 1.43. The predicted octanol–water partition coefficient (Wildman–Crippen LogP) is 4.29. The molecule has 2 aromatic rings. The van der Waals surface area contributed by atoms with Crippen molar-refractivity contribution < 1.29 is 4.79 Å². The average Bonchev–Trinajstić information content (AvgIpc) is 2.67. The highest BCUT2D eigenvalue weighted by molar-refractivity contribution is 6.30. The first-order chi connectivity index (χ1) is 12.6. The van der Waals surface area contributed by atoms with Crippen molar-refractivity contribution in [3.63, 3.8) is 0 Å². The molecule has 2 aromatic carbocycles. The molecule has 0 radical (unpaired) electrons. The van der Waals surface area contributed by atoms with Gasteiger partial charge in [-0.1, -0.05) is 42.8 Å². The molecule has 0 aromatic heterocycles. The summed E-state index contributed by atoms with van der Waals surface area (Å²) in [6.07, 6.45) is 1.99. The molecule has 0 unspecified atom stereocenters. The minimum Gasteiger partial charge on any atom is -0.322 e. The van der Waals surface area contributed by atoms with Gasteiger partial charge in [-0.3, -0.25) is 4.90 Å². The van der Waals surface area contributed by atoms with Crippen molar-refractivity contribution in [1.29, 1.82) is 0 Å². The number of urea groups is 1. The largest absolute Gasteiger partial charge is 0.322 e. The Kier molecular flexibility index (Phi) is 6.53. The van der Waals surface area contributed by atoms with Crippen LogP contribution in [0.3, 0.4) is 0 Å². The summed E-state index contributed by atoms with van der Waals surface area (Å²) in [7, 11) is 0. The van der Waals surface area contributed by atoms with Crippen LogP contribution >= 0.6 is 11.6 Å². The van der Waals surface area contributed by atoms with Crippen LogP contribution < -0.4 is 5.32 Å². The summed E-state index contributed by atoms with van der Waals surface area (Å²) in [5.74, 6) is 0. The van der Waals surface area contributed by atoms with Crippen molar-refractivity contribution >= 4 is 23.3 Å². The van der Waals surface area contributed by atoms with Crippen molar-refractivity contribution in [2.75, 3.05) is 38.0 Å². The van der Waals surface area contributed by atoms with E-state index in [0.717, 1.165) is 56.3 Å². The van der Waals surface area contributed by atoms with Gasteiger partial charge in [-0.2, -0.15) is 0 Å². The molecule has 0 atom stereocenters. The number of halogens is 1. The number of nitrogens with zero attached hydrogens (tertiary/aromatic N) is 2. The first-order valence-corrected chi connectivity index (χ1v) is 9.63. The first kappa shape index (κ1) is 18.7. The number of hydrogen-bond acceptors (Lipinski definition) is 2. The SMILES string of the molecule is CCc1ccc(NC(=O)N2CCN(CCc3cccc(Cl)c3)CC2)cc1.